The summed E-state index contributed by atoms with van der Waals surface area (Å²) >= 11 is 5.86. The third-order valence-corrected chi connectivity index (χ3v) is 5.53. The smallest absolute Gasteiger partial charge is 0.356 e. The number of rotatable bonds is 5. The summed E-state index contributed by atoms with van der Waals surface area (Å²) in [6, 6.07) is 4.87. The van der Waals surface area contributed by atoms with Crippen molar-refractivity contribution in [2.24, 2.45) is 0 Å². The van der Waals surface area contributed by atoms with Crippen LogP contribution in [0, 0.1) is 12.7 Å². The maximum Gasteiger partial charge on any atom is 0.417 e. The van der Waals surface area contributed by atoms with Gasteiger partial charge in [0.1, 0.15) is 23.5 Å². The third kappa shape index (κ3) is 4.73. The lowest BCUT2D eigenvalue weighted by Gasteiger charge is -2.19. The van der Waals surface area contributed by atoms with Gasteiger partial charge < -0.3 is 10.3 Å². The molecule has 3 aromatic rings. The van der Waals surface area contributed by atoms with E-state index >= 15 is 0 Å². The number of sulfone groups is 1. The van der Waals surface area contributed by atoms with Gasteiger partial charge in [-0.3, -0.25) is 0 Å². The van der Waals surface area contributed by atoms with Gasteiger partial charge in [-0.25, -0.2) is 22.8 Å². The molecule has 2 N–H and O–H groups in total. The highest BCUT2D eigenvalue weighted by Gasteiger charge is 2.31. The lowest BCUT2D eigenvalue weighted by molar-refractivity contribution is -0.137. The van der Waals surface area contributed by atoms with E-state index in [1.165, 1.54) is 19.1 Å². The fourth-order valence-corrected chi connectivity index (χ4v) is 3.82. The Labute approximate surface area is 174 Å². The fraction of sp³-hybridized carbons (Fsp3) is 0.222. The molecule has 0 fully saturated rings. The minimum Gasteiger partial charge on any atom is -0.356 e. The second-order valence-electron chi connectivity index (χ2n) is 6.51. The zero-order chi connectivity index (χ0) is 22.3. The van der Waals surface area contributed by atoms with E-state index < -0.39 is 33.4 Å². The summed E-state index contributed by atoms with van der Waals surface area (Å²) in [6.45, 7) is 1.51. The van der Waals surface area contributed by atoms with Crippen LogP contribution in [0.4, 0.5) is 23.4 Å². The summed E-state index contributed by atoms with van der Waals surface area (Å²) in [5.41, 5.74) is -0.271. The van der Waals surface area contributed by atoms with Gasteiger partial charge in [0.2, 0.25) is 0 Å². The lowest BCUT2D eigenvalue weighted by Crippen LogP contribution is -2.16. The normalized spacial score (nSPS) is 13.3. The van der Waals surface area contributed by atoms with Gasteiger partial charge in [-0.1, -0.05) is 17.7 Å². The highest BCUT2D eigenvalue weighted by Crippen LogP contribution is 2.31. The summed E-state index contributed by atoms with van der Waals surface area (Å²) in [6.07, 6.45) is -2.89. The van der Waals surface area contributed by atoms with Crippen molar-refractivity contribution in [2.75, 3.05) is 11.6 Å². The van der Waals surface area contributed by atoms with Gasteiger partial charge in [-0.15, -0.1) is 0 Å². The molecule has 160 valence electrons. The largest absolute Gasteiger partial charge is 0.417 e. The lowest BCUT2D eigenvalue weighted by atomic mass is 10.1. The molecule has 0 saturated heterocycles. The number of benzene rings is 1. The first kappa shape index (κ1) is 22.0. The van der Waals surface area contributed by atoms with Gasteiger partial charge in [-0.05, 0) is 36.8 Å². The second kappa shape index (κ2) is 7.88. The highest BCUT2D eigenvalue weighted by molar-refractivity contribution is 7.90. The molecule has 0 aliphatic carbocycles. The maximum absolute atomic E-state index is 13.6. The van der Waals surface area contributed by atoms with Gasteiger partial charge in [0, 0.05) is 12.5 Å². The van der Waals surface area contributed by atoms with Gasteiger partial charge in [-0.2, -0.15) is 13.2 Å². The van der Waals surface area contributed by atoms with Crippen molar-refractivity contribution < 1.29 is 26.0 Å². The molecule has 0 aliphatic rings. The van der Waals surface area contributed by atoms with Gasteiger partial charge in [0.05, 0.1) is 16.3 Å². The van der Waals surface area contributed by atoms with Crippen molar-refractivity contribution in [3.8, 4) is 0 Å². The van der Waals surface area contributed by atoms with Gasteiger partial charge >= 0.3 is 6.18 Å². The van der Waals surface area contributed by atoms with Crippen LogP contribution in [0.3, 0.4) is 0 Å². The van der Waals surface area contributed by atoms with Crippen LogP contribution in [0.1, 0.15) is 28.7 Å². The van der Waals surface area contributed by atoms with Crippen LogP contribution in [0.2, 0.25) is 5.02 Å². The Balaban J connectivity index is 2.05. The first-order chi connectivity index (χ1) is 13.9. The molecule has 0 spiro atoms. The minimum atomic E-state index is -4.54. The van der Waals surface area contributed by atoms with Gasteiger partial charge in [0.15, 0.2) is 14.9 Å². The molecule has 2 aromatic heterocycles. The zero-order valence-electron chi connectivity index (χ0n) is 15.6. The van der Waals surface area contributed by atoms with Crippen molar-refractivity contribution in [3.63, 3.8) is 0 Å². The minimum absolute atomic E-state index is 0.0587. The first-order valence-corrected chi connectivity index (χ1v) is 10.6. The Bertz CT molecular complexity index is 1180. The summed E-state index contributed by atoms with van der Waals surface area (Å²) in [4.78, 5) is 10.7. The van der Waals surface area contributed by atoms with E-state index in [1.807, 2.05) is 0 Å². The molecule has 1 aromatic carbocycles. The van der Waals surface area contributed by atoms with Crippen molar-refractivity contribution >= 4 is 27.3 Å². The molecule has 0 radical (unpaired) electrons. The molecule has 2 heterocycles. The number of alkyl halides is 3. The fourth-order valence-electron chi connectivity index (χ4n) is 2.76. The Morgan fingerprint density at radius 1 is 1.20 bits per heavy atom. The monoisotopic (exact) mass is 462 g/mol. The second-order valence-corrected chi connectivity index (χ2v) is 8.84. The zero-order valence-corrected chi connectivity index (χ0v) is 17.1. The average Bonchev–Trinajstić information content (AvgIpc) is 3.03. The van der Waals surface area contributed by atoms with E-state index in [4.69, 9.17) is 11.6 Å². The first-order valence-electron chi connectivity index (χ1n) is 8.37. The molecular weight excluding hydrogens is 448 g/mol. The number of aromatic nitrogens is 3. The number of anilines is 1. The molecule has 0 unspecified atom stereocenters. The van der Waals surface area contributed by atoms with E-state index in [2.05, 4.69) is 20.3 Å². The Hall–Kier alpha value is -2.66. The number of nitrogens with zero attached hydrogens (tertiary/aromatic N) is 2. The Kier molecular flexibility index (Phi) is 5.79. The standard InChI is InChI=1S/C18H15ClF4N4O2S/c1-9-17(30(2,28)29)27-16(25-9)15(10-3-5-13(20)12(19)7-10)26-14-6-4-11(8-24-14)18(21,22)23/h3-8,15H,1-2H3,(H,24,26)(H,25,27)/t15-/m1/s1. The Morgan fingerprint density at radius 2 is 1.90 bits per heavy atom. The molecule has 0 bridgehead atoms. The van der Waals surface area contributed by atoms with Crippen LogP contribution in [0.15, 0.2) is 41.6 Å². The molecule has 3 rings (SSSR count). The summed E-state index contributed by atoms with van der Waals surface area (Å²) in [7, 11) is -3.63. The van der Waals surface area contributed by atoms with Crippen LogP contribution < -0.4 is 5.32 Å². The van der Waals surface area contributed by atoms with Crippen molar-refractivity contribution in [1.29, 1.82) is 0 Å². The number of halogens is 5. The van der Waals surface area contributed by atoms with E-state index in [9.17, 15) is 26.0 Å². The molecule has 0 aliphatic heterocycles. The van der Waals surface area contributed by atoms with Crippen LogP contribution in [0.25, 0.3) is 0 Å². The number of hydrogen-bond donors (Lipinski definition) is 2. The topological polar surface area (TPSA) is 87.7 Å². The number of aryl methyl sites for hydroxylation is 1. The van der Waals surface area contributed by atoms with E-state index in [-0.39, 0.29) is 27.4 Å². The molecule has 0 saturated carbocycles. The number of aromatic amines is 1. The number of hydrogen-bond acceptors (Lipinski definition) is 5. The molecule has 6 nitrogen and oxygen atoms in total. The molecule has 1 atom stereocenters. The number of imidazole rings is 1. The highest BCUT2D eigenvalue weighted by atomic mass is 35.5. The SMILES string of the molecule is Cc1[nH]c([C@H](Nc2ccc(C(F)(F)F)cn2)c2ccc(F)c(Cl)c2)nc1S(C)(=O)=O. The molecule has 12 heteroatoms. The average molecular weight is 463 g/mol. The third-order valence-electron chi connectivity index (χ3n) is 4.14. The van der Waals surface area contributed by atoms with Crippen LogP contribution in [-0.2, 0) is 16.0 Å². The van der Waals surface area contributed by atoms with E-state index in [0.29, 0.717) is 11.8 Å². The van der Waals surface area contributed by atoms with Crippen LogP contribution in [0.5, 0.6) is 0 Å². The van der Waals surface area contributed by atoms with Crippen molar-refractivity contribution in [2.45, 2.75) is 24.2 Å². The number of H-pyrrole nitrogens is 1. The summed E-state index contributed by atoms with van der Waals surface area (Å²) in [5, 5.41) is 2.51. The summed E-state index contributed by atoms with van der Waals surface area (Å²) < 4.78 is 75.8. The predicted molar refractivity (Wildman–Crippen MR) is 103 cm³/mol. The predicted octanol–water partition coefficient (Wildman–Crippen LogP) is 4.53. The van der Waals surface area contributed by atoms with E-state index in [1.54, 1.807) is 0 Å². The van der Waals surface area contributed by atoms with Gasteiger partial charge in [0.25, 0.3) is 0 Å². The molecule has 0 amide bonds. The molecule has 30 heavy (non-hydrogen) atoms. The summed E-state index contributed by atoms with van der Waals surface area (Å²) in [5.74, 6) is -0.472. The number of nitrogens with one attached hydrogen (secondary N) is 2. The molecular formula is C18H15ClF4N4O2S. The number of pyridine rings is 1. The quantitative estimate of drug-likeness (QED) is 0.544. The van der Waals surface area contributed by atoms with Crippen molar-refractivity contribution in [1.82, 2.24) is 15.0 Å². The van der Waals surface area contributed by atoms with Crippen LogP contribution >= 0.6 is 11.6 Å². The maximum atomic E-state index is 13.6. The van der Waals surface area contributed by atoms with Crippen molar-refractivity contribution in [3.05, 3.63) is 70.0 Å². The van der Waals surface area contributed by atoms with Crippen LogP contribution in [-0.4, -0.2) is 29.6 Å². The Morgan fingerprint density at radius 3 is 2.40 bits per heavy atom. The van der Waals surface area contributed by atoms with E-state index in [0.717, 1.165) is 24.5 Å².